The zero-order valence-electron chi connectivity index (χ0n) is 10.2. The Morgan fingerprint density at radius 3 is 2.44 bits per heavy atom. The van der Waals surface area contributed by atoms with Crippen molar-refractivity contribution in [3.8, 4) is 0 Å². The number of anilines is 3. The molecule has 1 amide bonds. The fourth-order valence-corrected chi connectivity index (χ4v) is 2.82. The Bertz CT molecular complexity index is 570. The van der Waals surface area contributed by atoms with E-state index in [1.165, 1.54) is 22.7 Å². The summed E-state index contributed by atoms with van der Waals surface area (Å²) in [7, 11) is 1.73. The van der Waals surface area contributed by atoms with Crippen LogP contribution in [0.4, 0.5) is 16.1 Å². The van der Waals surface area contributed by atoms with E-state index in [2.05, 4.69) is 20.6 Å². The summed E-state index contributed by atoms with van der Waals surface area (Å²) in [6, 6.07) is 0. The first-order valence-electron chi connectivity index (χ1n) is 5.20. The van der Waals surface area contributed by atoms with Gasteiger partial charge in [-0.15, -0.1) is 11.3 Å². The van der Waals surface area contributed by atoms with Gasteiger partial charge in [-0.1, -0.05) is 11.3 Å². The molecule has 0 bridgehead atoms. The number of nitrogens with zero attached hydrogens (tertiary/aromatic N) is 2. The van der Waals surface area contributed by atoms with Crippen molar-refractivity contribution in [3.63, 3.8) is 0 Å². The monoisotopic (exact) mass is 283 g/mol. The summed E-state index contributed by atoms with van der Waals surface area (Å²) in [4.78, 5) is 21.7. The summed E-state index contributed by atoms with van der Waals surface area (Å²) in [5.74, 6) is -0.0490. The molecule has 18 heavy (non-hydrogen) atoms. The second kappa shape index (κ2) is 4.91. The smallest absolute Gasteiger partial charge is 0.271 e. The van der Waals surface area contributed by atoms with Gasteiger partial charge in [-0.3, -0.25) is 10.1 Å². The van der Waals surface area contributed by atoms with Crippen LogP contribution >= 0.6 is 22.7 Å². The fraction of sp³-hybridized carbons (Fsp3) is 0.300. The lowest BCUT2D eigenvalue weighted by atomic mass is 10.4. The lowest BCUT2D eigenvalue weighted by Crippen LogP contribution is -2.11. The number of nitrogens with two attached hydrogens (primary N) is 1. The minimum Gasteiger partial charge on any atom is -0.382 e. The van der Waals surface area contributed by atoms with Crippen LogP contribution in [0.5, 0.6) is 0 Å². The molecule has 0 aromatic carbocycles. The van der Waals surface area contributed by atoms with Gasteiger partial charge in [0, 0.05) is 11.9 Å². The summed E-state index contributed by atoms with van der Waals surface area (Å²) in [5, 5.41) is 6.78. The van der Waals surface area contributed by atoms with Crippen molar-refractivity contribution in [3.05, 3.63) is 15.4 Å². The molecule has 2 aromatic heterocycles. The molecule has 0 aliphatic carbocycles. The first kappa shape index (κ1) is 12.8. The zero-order valence-corrected chi connectivity index (χ0v) is 11.8. The Kier molecular flexibility index (Phi) is 3.48. The first-order chi connectivity index (χ1) is 8.51. The third kappa shape index (κ3) is 2.44. The molecule has 0 atom stereocenters. The highest BCUT2D eigenvalue weighted by Crippen LogP contribution is 2.27. The Morgan fingerprint density at radius 1 is 1.22 bits per heavy atom. The first-order valence-corrected chi connectivity index (χ1v) is 6.84. The van der Waals surface area contributed by atoms with E-state index < -0.39 is 0 Å². The number of carbonyl (C=O) groups is 1. The molecular weight excluding hydrogens is 270 g/mol. The minimum absolute atomic E-state index is 0.229. The Morgan fingerprint density at radius 2 is 1.94 bits per heavy atom. The number of nitrogens with one attached hydrogen (secondary N) is 2. The standard InChI is InChI=1S/C10H13N5OS2/c1-4-5(2)17-10(13-4)15-8(16)6-7(11)14-9(12-3)18-6/h11H2,1-3H3,(H,12,14)(H,13,15,16). The number of aryl methyl sites for hydroxylation is 2. The predicted molar refractivity (Wildman–Crippen MR) is 75.6 cm³/mol. The number of hydrogen-bond donors (Lipinski definition) is 3. The van der Waals surface area contributed by atoms with Crippen LogP contribution in [-0.4, -0.2) is 22.9 Å². The lowest BCUT2D eigenvalue weighted by Gasteiger charge is -1.98. The highest BCUT2D eigenvalue weighted by Gasteiger charge is 2.17. The van der Waals surface area contributed by atoms with Crippen molar-refractivity contribution in [2.75, 3.05) is 23.4 Å². The SMILES string of the molecule is CNc1nc(N)c(C(=O)Nc2nc(C)c(C)s2)s1. The van der Waals surface area contributed by atoms with Crippen molar-refractivity contribution in [1.29, 1.82) is 0 Å². The van der Waals surface area contributed by atoms with Crippen LogP contribution in [0.1, 0.15) is 20.2 Å². The number of nitrogen functional groups attached to an aromatic ring is 1. The van der Waals surface area contributed by atoms with Crippen molar-refractivity contribution < 1.29 is 4.79 Å². The molecule has 0 saturated heterocycles. The molecule has 0 unspecified atom stereocenters. The molecule has 6 nitrogen and oxygen atoms in total. The second-order valence-corrected chi connectivity index (χ2v) is 5.80. The molecule has 8 heteroatoms. The number of thiazole rings is 2. The van der Waals surface area contributed by atoms with Crippen molar-refractivity contribution in [1.82, 2.24) is 9.97 Å². The van der Waals surface area contributed by atoms with Gasteiger partial charge < -0.3 is 11.1 Å². The predicted octanol–water partition coefficient (Wildman–Crippen LogP) is 2.09. The van der Waals surface area contributed by atoms with E-state index in [-0.39, 0.29) is 11.7 Å². The Hall–Kier alpha value is -1.67. The molecule has 2 heterocycles. The molecule has 0 spiro atoms. The summed E-state index contributed by atoms with van der Waals surface area (Å²) >= 11 is 2.66. The number of carbonyl (C=O) groups excluding carboxylic acids is 1. The average molecular weight is 283 g/mol. The molecule has 0 fully saturated rings. The summed E-state index contributed by atoms with van der Waals surface area (Å²) in [5.41, 5.74) is 6.61. The van der Waals surface area contributed by atoms with Crippen LogP contribution in [0, 0.1) is 13.8 Å². The van der Waals surface area contributed by atoms with Crippen molar-refractivity contribution in [2.45, 2.75) is 13.8 Å². The minimum atomic E-state index is -0.278. The Labute approximate surface area is 112 Å². The van der Waals surface area contributed by atoms with Crippen LogP contribution in [0.25, 0.3) is 0 Å². The number of hydrogen-bond acceptors (Lipinski definition) is 7. The van der Waals surface area contributed by atoms with Crippen LogP contribution in [-0.2, 0) is 0 Å². The van der Waals surface area contributed by atoms with E-state index in [1.807, 2.05) is 13.8 Å². The van der Waals surface area contributed by atoms with E-state index in [0.29, 0.717) is 15.1 Å². The van der Waals surface area contributed by atoms with Gasteiger partial charge in [0.1, 0.15) is 10.7 Å². The van der Waals surface area contributed by atoms with Crippen molar-refractivity contribution in [2.24, 2.45) is 0 Å². The van der Waals surface area contributed by atoms with E-state index in [0.717, 1.165) is 10.6 Å². The highest BCUT2D eigenvalue weighted by atomic mass is 32.1. The van der Waals surface area contributed by atoms with Gasteiger partial charge >= 0.3 is 0 Å². The lowest BCUT2D eigenvalue weighted by molar-refractivity contribution is 0.103. The molecular formula is C10H13N5OS2. The van der Waals surface area contributed by atoms with Crippen LogP contribution in [0.2, 0.25) is 0 Å². The van der Waals surface area contributed by atoms with E-state index >= 15 is 0 Å². The number of aromatic nitrogens is 2. The molecule has 2 rings (SSSR count). The van der Waals surface area contributed by atoms with E-state index in [9.17, 15) is 4.79 Å². The van der Waals surface area contributed by atoms with E-state index in [1.54, 1.807) is 7.05 Å². The van der Waals surface area contributed by atoms with Gasteiger partial charge in [0.2, 0.25) is 0 Å². The van der Waals surface area contributed by atoms with Crippen LogP contribution in [0.15, 0.2) is 0 Å². The molecule has 96 valence electrons. The molecule has 0 aliphatic heterocycles. The fourth-order valence-electron chi connectivity index (χ4n) is 1.28. The number of amides is 1. The normalized spacial score (nSPS) is 10.4. The third-order valence-electron chi connectivity index (χ3n) is 2.32. The maximum absolute atomic E-state index is 12.0. The molecule has 0 saturated carbocycles. The van der Waals surface area contributed by atoms with Gasteiger partial charge in [-0.25, -0.2) is 9.97 Å². The molecule has 0 aliphatic rings. The maximum Gasteiger partial charge on any atom is 0.271 e. The number of rotatable bonds is 3. The largest absolute Gasteiger partial charge is 0.382 e. The zero-order chi connectivity index (χ0) is 13.3. The molecule has 4 N–H and O–H groups in total. The highest BCUT2D eigenvalue weighted by molar-refractivity contribution is 7.18. The van der Waals surface area contributed by atoms with Gasteiger partial charge in [-0.2, -0.15) is 0 Å². The van der Waals surface area contributed by atoms with Crippen LogP contribution in [0.3, 0.4) is 0 Å². The second-order valence-electron chi connectivity index (χ2n) is 3.60. The molecule has 2 aromatic rings. The van der Waals surface area contributed by atoms with Crippen LogP contribution < -0.4 is 16.4 Å². The third-order valence-corrected chi connectivity index (χ3v) is 4.40. The van der Waals surface area contributed by atoms with E-state index in [4.69, 9.17) is 5.73 Å². The van der Waals surface area contributed by atoms with Gasteiger partial charge in [0.15, 0.2) is 10.3 Å². The maximum atomic E-state index is 12.0. The van der Waals surface area contributed by atoms with Crippen molar-refractivity contribution >= 4 is 44.7 Å². The van der Waals surface area contributed by atoms with Gasteiger partial charge in [0.05, 0.1) is 5.69 Å². The van der Waals surface area contributed by atoms with Gasteiger partial charge in [-0.05, 0) is 13.8 Å². The average Bonchev–Trinajstić information content (AvgIpc) is 2.83. The quantitative estimate of drug-likeness (QED) is 0.802. The Balaban J connectivity index is 2.18. The topological polar surface area (TPSA) is 92.9 Å². The summed E-state index contributed by atoms with van der Waals surface area (Å²) in [6.45, 7) is 3.87. The summed E-state index contributed by atoms with van der Waals surface area (Å²) in [6.07, 6.45) is 0. The van der Waals surface area contributed by atoms with Gasteiger partial charge in [0.25, 0.3) is 5.91 Å². The summed E-state index contributed by atoms with van der Waals surface area (Å²) < 4.78 is 0. The molecule has 0 radical (unpaired) electrons.